The van der Waals surface area contributed by atoms with Crippen molar-refractivity contribution >= 4 is 17.9 Å². The van der Waals surface area contributed by atoms with Crippen LogP contribution in [0.5, 0.6) is 0 Å². The van der Waals surface area contributed by atoms with Crippen LogP contribution in [0.4, 0.5) is 0 Å². The fraction of sp³-hybridized carbons (Fsp3) is 0.879. The summed E-state index contributed by atoms with van der Waals surface area (Å²) in [5, 5.41) is 0. The molecule has 0 bridgehead atoms. The SMILES string of the molecule is CCC/C=C\C/C=C\CCCCCCCC(=O)OC(COC(=O)CCCCCCCC)COC(=O)CCCCCCCCCCCCCCCCCCCCCCCCCCCCC. The standard InChI is InChI=1S/C58H108O6/c1-4-7-10-13-16-18-20-22-23-24-25-26-27-28-29-30-31-32-33-34-35-37-38-40-42-45-48-51-57(60)63-54-55(53-62-56(59)50-47-44-15-12-9-6-3)64-58(61)52-49-46-43-41-39-36-21-19-17-14-11-8-5-2/h11,14,19,21,55H,4-10,12-13,15-18,20,22-54H2,1-3H3/b14-11-,21-19-. The van der Waals surface area contributed by atoms with Gasteiger partial charge < -0.3 is 14.2 Å². The van der Waals surface area contributed by atoms with Gasteiger partial charge in [-0.2, -0.15) is 0 Å². The summed E-state index contributed by atoms with van der Waals surface area (Å²) < 4.78 is 16.7. The molecule has 0 aromatic carbocycles. The number of hydrogen-bond acceptors (Lipinski definition) is 6. The van der Waals surface area contributed by atoms with Crippen LogP contribution in [0.2, 0.25) is 0 Å². The maximum absolute atomic E-state index is 12.7. The van der Waals surface area contributed by atoms with E-state index in [0.29, 0.717) is 19.3 Å². The van der Waals surface area contributed by atoms with E-state index in [2.05, 4.69) is 45.1 Å². The zero-order valence-electron chi connectivity index (χ0n) is 43.1. The Balaban J connectivity index is 3.99. The second kappa shape index (κ2) is 53.5. The van der Waals surface area contributed by atoms with E-state index in [1.54, 1.807) is 0 Å². The molecule has 0 aromatic heterocycles. The lowest BCUT2D eigenvalue weighted by atomic mass is 10.0. The van der Waals surface area contributed by atoms with Crippen LogP contribution in [0.15, 0.2) is 24.3 Å². The number of hydrogen-bond donors (Lipinski definition) is 0. The molecule has 0 rings (SSSR count). The van der Waals surface area contributed by atoms with Gasteiger partial charge in [-0.3, -0.25) is 14.4 Å². The van der Waals surface area contributed by atoms with E-state index in [-0.39, 0.29) is 31.1 Å². The van der Waals surface area contributed by atoms with E-state index >= 15 is 0 Å². The first-order valence-corrected chi connectivity index (χ1v) is 28.3. The van der Waals surface area contributed by atoms with Crippen molar-refractivity contribution in [1.29, 1.82) is 0 Å². The van der Waals surface area contributed by atoms with E-state index in [1.165, 1.54) is 180 Å². The van der Waals surface area contributed by atoms with Crippen molar-refractivity contribution in [3.63, 3.8) is 0 Å². The number of ether oxygens (including phenoxy) is 3. The van der Waals surface area contributed by atoms with E-state index in [4.69, 9.17) is 14.2 Å². The molecular weight excluding hydrogens is 793 g/mol. The molecule has 376 valence electrons. The fourth-order valence-electron chi connectivity index (χ4n) is 8.42. The molecular formula is C58H108O6. The molecule has 0 heterocycles. The van der Waals surface area contributed by atoms with Crippen molar-refractivity contribution in [1.82, 2.24) is 0 Å². The molecule has 6 heteroatoms. The van der Waals surface area contributed by atoms with Gasteiger partial charge in [-0.1, -0.05) is 270 Å². The summed E-state index contributed by atoms with van der Waals surface area (Å²) in [6.07, 6.45) is 62.2. The van der Waals surface area contributed by atoms with Crippen molar-refractivity contribution in [3.05, 3.63) is 24.3 Å². The molecule has 6 nitrogen and oxygen atoms in total. The van der Waals surface area contributed by atoms with E-state index in [9.17, 15) is 14.4 Å². The van der Waals surface area contributed by atoms with E-state index < -0.39 is 6.10 Å². The fourth-order valence-corrected chi connectivity index (χ4v) is 8.42. The molecule has 0 aromatic rings. The zero-order valence-corrected chi connectivity index (χ0v) is 43.1. The van der Waals surface area contributed by atoms with Crippen LogP contribution < -0.4 is 0 Å². The normalized spacial score (nSPS) is 12.1. The first-order valence-electron chi connectivity index (χ1n) is 28.3. The Morgan fingerprint density at radius 3 is 0.922 bits per heavy atom. The summed E-state index contributed by atoms with van der Waals surface area (Å²) in [5.41, 5.74) is 0. The van der Waals surface area contributed by atoms with Crippen molar-refractivity contribution in [2.24, 2.45) is 0 Å². The minimum absolute atomic E-state index is 0.0731. The number of carbonyl (C=O) groups is 3. The summed E-state index contributed by atoms with van der Waals surface area (Å²) in [6.45, 7) is 6.54. The smallest absolute Gasteiger partial charge is 0.306 e. The van der Waals surface area contributed by atoms with E-state index in [0.717, 1.165) is 89.9 Å². The average Bonchev–Trinajstić information content (AvgIpc) is 3.29. The molecule has 0 aliphatic heterocycles. The Morgan fingerprint density at radius 1 is 0.312 bits per heavy atom. The molecule has 1 atom stereocenters. The number of unbranched alkanes of at least 4 members (excludes halogenated alkanes) is 37. The van der Waals surface area contributed by atoms with Crippen molar-refractivity contribution in [3.8, 4) is 0 Å². The van der Waals surface area contributed by atoms with Gasteiger partial charge in [0.05, 0.1) is 0 Å². The maximum atomic E-state index is 12.7. The topological polar surface area (TPSA) is 78.9 Å². The third-order valence-corrected chi connectivity index (χ3v) is 12.7. The third-order valence-electron chi connectivity index (χ3n) is 12.7. The van der Waals surface area contributed by atoms with Crippen molar-refractivity contribution in [2.75, 3.05) is 13.2 Å². The summed E-state index contributed by atoms with van der Waals surface area (Å²) in [6, 6.07) is 0. The summed E-state index contributed by atoms with van der Waals surface area (Å²) in [4.78, 5) is 37.7. The molecule has 0 amide bonds. The highest BCUT2D eigenvalue weighted by Crippen LogP contribution is 2.17. The van der Waals surface area contributed by atoms with Crippen LogP contribution in [0, 0.1) is 0 Å². The molecule has 0 spiro atoms. The van der Waals surface area contributed by atoms with Gasteiger partial charge in [0, 0.05) is 19.3 Å². The van der Waals surface area contributed by atoms with E-state index in [1.807, 2.05) is 0 Å². The predicted molar refractivity (Wildman–Crippen MR) is 275 cm³/mol. The molecule has 0 saturated heterocycles. The van der Waals surface area contributed by atoms with Crippen LogP contribution in [0.25, 0.3) is 0 Å². The lowest BCUT2D eigenvalue weighted by Crippen LogP contribution is -2.30. The highest BCUT2D eigenvalue weighted by molar-refractivity contribution is 5.71. The van der Waals surface area contributed by atoms with Gasteiger partial charge in [-0.25, -0.2) is 0 Å². The molecule has 0 saturated carbocycles. The van der Waals surface area contributed by atoms with Gasteiger partial charge >= 0.3 is 17.9 Å². The number of allylic oxidation sites excluding steroid dienone is 4. The number of esters is 3. The maximum Gasteiger partial charge on any atom is 0.306 e. The summed E-state index contributed by atoms with van der Waals surface area (Å²) in [7, 11) is 0. The van der Waals surface area contributed by atoms with Gasteiger partial charge in [-0.15, -0.1) is 0 Å². The van der Waals surface area contributed by atoms with Gasteiger partial charge in [0.15, 0.2) is 6.10 Å². The van der Waals surface area contributed by atoms with Gasteiger partial charge in [0.2, 0.25) is 0 Å². The third kappa shape index (κ3) is 50.9. The first-order chi connectivity index (χ1) is 31.5. The van der Waals surface area contributed by atoms with Crippen LogP contribution in [0.3, 0.4) is 0 Å². The second-order valence-corrected chi connectivity index (χ2v) is 19.2. The quantitative estimate of drug-likeness (QED) is 0.0262. The average molecular weight is 901 g/mol. The zero-order chi connectivity index (χ0) is 46.5. The predicted octanol–water partition coefficient (Wildman–Crippen LogP) is 18.7. The van der Waals surface area contributed by atoms with Gasteiger partial charge in [-0.05, 0) is 44.9 Å². The van der Waals surface area contributed by atoms with Crippen LogP contribution >= 0.6 is 0 Å². The Kier molecular flexibility index (Phi) is 51.7. The minimum Gasteiger partial charge on any atom is -0.462 e. The highest BCUT2D eigenvalue weighted by Gasteiger charge is 2.19. The van der Waals surface area contributed by atoms with Gasteiger partial charge in [0.25, 0.3) is 0 Å². The summed E-state index contributed by atoms with van der Waals surface area (Å²) >= 11 is 0. The molecule has 1 unspecified atom stereocenters. The second-order valence-electron chi connectivity index (χ2n) is 19.2. The highest BCUT2D eigenvalue weighted by atomic mass is 16.6. The number of carbonyl (C=O) groups excluding carboxylic acids is 3. The van der Waals surface area contributed by atoms with Crippen molar-refractivity contribution in [2.45, 2.75) is 316 Å². The van der Waals surface area contributed by atoms with Crippen LogP contribution in [-0.2, 0) is 28.6 Å². The van der Waals surface area contributed by atoms with Crippen LogP contribution in [0.1, 0.15) is 310 Å². The van der Waals surface area contributed by atoms with Crippen LogP contribution in [-0.4, -0.2) is 37.2 Å². The number of rotatable bonds is 52. The Morgan fingerprint density at radius 2 is 0.594 bits per heavy atom. The molecule has 64 heavy (non-hydrogen) atoms. The Labute approximate surface area is 398 Å². The Bertz CT molecular complexity index is 1040. The molecule has 0 radical (unpaired) electrons. The van der Waals surface area contributed by atoms with Crippen molar-refractivity contribution < 1.29 is 28.6 Å². The monoisotopic (exact) mass is 901 g/mol. The Hall–Kier alpha value is -2.11. The lowest BCUT2D eigenvalue weighted by molar-refractivity contribution is -0.167. The molecule has 0 fully saturated rings. The first kappa shape index (κ1) is 61.9. The lowest BCUT2D eigenvalue weighted by Gasteiger charge is -2.18. The summed E-state index contributed by atoms with van der Waals surface area (Å²) in [5.74, 6) is -0.883. The largest absolute Gasteiger partial charge is 0.462 e. The molecule has 0 aliphatic carbocycles. The minimum atomic E-state index is -0.771. The van der Waals surface area contributed by atoms with Gasteiger partial charge in [0.1, 0.15) is 13.2 Å². The molecule has 0 aliphatic rings. The molecule has 0 N–H and O–H groups in total.